The van der Waals surface area contributed by atoms with Crippen LogP contribution in [-0.4, -0.2) is 55.9 Å². The minimum absolute atomic E-state index is 0.114. The molecule has 0 spiro atoms. The van der Waals surface area contributed by atoms with Crippen molar-refractivity contribution in [3.05, 3.63) is 36.5 Å². The average Bonchev–Trinajstić information content (AvgIpc) is 3.21. The fraction of sp³-hybridized carbons (Fsp3) is 0.529. The van der Waals surface area contributed by atoms with Gasteiger partial charge in [-0.2, -0.15) is 5.10 Å². The molecule has 2 aliphatic heterocycles. The first-order valence-corrected chi connectivity index (χ1v) is 8.59. The number of hydrogen-bond acceptors (Lipinski definition) is 6. The Balaban J connectivity index is 1.33. The number of piperidine rings is 1. The highest BCUT2D eigenvalue weighted by Crippen LogP contribution is 2.34. The molecule has 25 heavy (non-hydrogen) atoms. The van der Waals surface area contributed by atoms with Crippen LogP contribution in [0.3, 0.4) is 0 Å². The highest BCUT2D eigenvalue weighted by molar-refractivity contribution is 5.93. The van der Waals surface area contributed by atoms with Crippen LogP contribution in [0.15, 0.2) is 31.0 Å². The van der Waals surface area contributed by atoms with Crippen LogP contribution in [0.25, 0.3) is 0 Å². The second-order valence-electron chi connectivity index (χ2n) is 6.78. The Morgan fingerprint density at radius 2 is 2.32 bits per heavy atom. The van der Waals surface area contributed by atoms with Crippen molar-refractivity contribution in [2.75, 3.05) is 18.4 Å². The molecule has 4 heterocycles. The van der Waals surface area contributed by atoms with E-state index in [1.807, 2.05) is 24.1 Å². The molecule has 8 nitrogen and oxygen atoms in total. The minimum Gasteiger partial charge on any atom is -0.364 e. The number of hydrogen-bond donors (Lipinski definition) is 1. The van der Waals surface area contributed by atoms with E-state index < -0.39 is 6.10 Å². The molecule has 8 heteroatoms. The smallest absolute Gasteiger partial charge is 0.254 e. The lowest BCUT2D eigenvalue weighted by molar-refractivity contribution is -0.127. The summed E-state index contributed by atoms with van der Waals surface area (Å²) in [4.78, 5) is 22.8. The molecule has 3 atom stereocenters. The van der Waals surface area contributed by atoms with Gasteiger partial charge < -0.3 is 10.1 Å². The molecule has 2 fully saturated rings. The number of nitrogens with zero attached hydrogens (tertiary/aromatic N) is 5. The first kappa shape index (κ1) is 16.2. The summed E-state index contributed by atoms with van der Waals surface area (Å²) in [6.45, 7) is 2.75. The van der Waals surface area contributed by atoms with E-state index in [0.717, 1.165) is 32.5 Å². The zero-order chi connectivity index (χ0) is 17.2. The Hall–Kier alpha value is -2.32. The Morgan fingerprint density at radius 3 is 3.08 bits per heavy atom. The molecule has 0 bridgehead atoms. The number of anilines is 1. The molecule has 2 aromatic rings. The summed E-state index contributed by atoms with van der Waals surface area (Å²) >= 11 is 0. The van der Waals surface area contributed by atoms with Crippen LogP contribution < -0.4 is 5.32 Å². The van der Waals surface area contributed by atoms with Gasteiger partial charge in [0, 0.05) is 44.3 Å². The Labute approximate surface area is 146 Å². The molecule has 0 radical (unpaired) electrons. The van der Waals surface area contributed by atoms with Crippen LogP contribution in [0, 0.1) is 5.92 Å². The second-order valence-corrected chi connectivity index (χ2v) is 6.78. The van der Waals surface area contributed by atoms with Crippen LogP contribution in [0.2, 0.25) is 0 Å². The van der Waals surface area contributed by atoms with Gasteiger partial charge in [0.2, 0.25) is 0 Å². The van der Waals surface area contributed by atoms with Gasteiger partial charge in [0.15, 0.2) is 5.82 Å². The maximum atomic E-state index is 12.4. The third kappa shape index (κ3) is 3.69. The molecule has 1 amide bonds. The predicted octanol–water partition coefficient (Wildman–Crippen LogP) is 0.828. The quantitative estimate of drug-likeness (QED) is 0.886. The Kier molecular flexibility index (Phi) is 4.46. The Morgan fingerprint density at radius 1 is 1.40 bits per heavy atom. The number of aromatic nitrogens is 4. The minimum atomic E-state index is -0.407. The van der Waals surface area contributed by atoms with Crippen LogP contribution in [0.5, 0.6) is 0 Å². The second kappa shape index (κ2) is 6.89. The van der Waals surface area contributed by atoms with Crippen molar-refractivity contribution >= 4 is 11.7 Å². The topological polar surface area (TPSA) is 85.2 Å². The van der Waals surface area contributed by atoms with E-state index in [4.69, 9.17) is 4.74 Å². The monoisotopic (exact) mass is 342 g/mol. The third-order valence-electron chi connectivity index (χ3n) is 4.91. The summed E-state index contributed by atoms with van der Waals surface area (Å²) in [5, 5.41) is 7.00. The van der Waals surface area contributed by atoms with Crippen molar-refractivity contribution in [1.29, 1.82) is 0 Å². The zero-order valence-corrected chi connectivity index (χ0v) is 14.2. The van der Waals surface area contributed by atoms with Crippen molar-refractivity contribution in [2.24, 2.45) is 13.0 Å². The molecule has 0 unspecified atom stereocenters. The van der Waals surface area contributed by atoms with E-state index in [2.05, 4.69) is 25.3 Å². The third-order valence-corrected chi connectivity index (χ3v) is 4.91. The lowest BCUT2D eigenvalue weighted by Gasteiger charge is -2.33. The van der Waals surface area contributed by atoms with Crippen LogP contribution >= 0.6 is 0 Å². The molecule has 0 saturated carbocycles. The largest absolute Gasteiger partial charge is 0.364 e. The van der Waals surface area contributed by atoms with Gasteiger partial charge in [-0.1, -0.05) is 0 Å². The van der Waals surface area contributed by atoms with Crippen molar-refractivity contribution < 1.29 is 9.53 Å². The summed E-state index contributed by atoms with van der Waals surface area (Å²) in [5.74, 6) is 0.778. The highest BCUT2D eigenvalue weighted by Gasteiger charge is 2.41. The number of ether oxygens (including phenoxy) is 1. The van der Waals surface area contributed by atoms with E-state index in [-0.39, 0.29) is 12.0 Å². The maximum absolute atomic E-state index is 12.4. The number of carbonyl (C=O) groups excluding carboxylic acids is 1. The fourth-order valence-electron chi connectivity index (χ4n) is 3.69. The normalized spacial score (nSPS) is 26.4. The van der Waals surface area contributed by atoms with E-state index in [1.54, 1.807) is 12.4 Å². The van der Waals surface area contributed by atoms with Crippen molar-refractivity contribution in [2.45, 2.75) is 31.6 Å². The van der Waals surface area contributed by atoms with Gasteiger partial charge in [-0.3, -0.25) is 19.4 Å². The van der Waals surface area contributed by atoms with Gasteiger partial charge in [-0.25, -0.2) is 4.98 Å². The first-order valence-electron chi connectivity index (χ1n) is 8.59. The summed E-state index contributed by atoms with van der Waals surface area (Å²) in [6, 6.07) is 0. The maximum Gasteiger partial charge on any atom is 0.254 e. The Bertz CT molecular complexity index is 734. The van der Waals surface area contributed by atoms with Crippen molar-refractivity contribution in [3.8, 4) is 0 Å². The number of likely N-dealkylation sites (tertiary alicyclic amines) is 1. The molecule has 2 aliphatic rings. The summed E-state index contributed by atoms with van der Waals surface area (Å²) < 4.78 is 7.87. The predicted molar refractivity (Wildman–Crippen MR) is 90.5 cm³/mol. The fourth-order valence-corrected chi connectivity index (χ4v) is 3.69. The molecular formula is C17H22N6O2. The molecule has 2 aromatic heterocycles. The van der Waals surface area contributed by atoms with Gasteiger partial charge in [0.25, 0.3) is 5.91 Å². The molecule has 132 valence electrons. The van der Waals surface area contributed by atoms with Gasteiger partial charge in [-0.05, 0) is 25.3 Å². The zero-order valence-electron chi connectivity index (χ0n) is 14.2. The summed E-state index contributed by atoms with van der Waals surface area (Å²) in [7, 11) is 1.93. The number of fused-ring (bicyclic) bond motifs is 1. The van der Waals surface area contributed by atoms with Gasteiger partial charge in [0.05, 0.1) is 18.5 Å². The van der Waals surface area contributed by atoms with E-state index in [9.17, 15) is 4.79 Å². The molecule has 0 aliphatic carbocycles. The number of carbonyl (C=O) groups is 1. The number of aryl methyl sites for hydroxylation is 1. The number of nitrogens with one attached hydrogen (secondary N) is 1. The molecule has 2 saturated heterocycles. The number of amides is 1. The van der Waals surface area contributed by atoms with E-state index >= 15 is 0 Å². The molecule has 1 N–H and O–H groups in total. The van der Waals surface area contributed by atoms with E-state index in [1.165, 1.54) is 11.8 Å². The van der Waals surface area contributed by atoms with Crippen LogP contribution in [-0.2, 0) is 23.1 Å². The van der Waals surface area contributed by atoms with Crippen molar-refractivity contribution in [3.63, 3.8) is 0 Å². The summed E-state index contributed by atoms with van der Waals surface area (Å²) in [6.07, 6.45) is 10.1. The van der Waals surface area contributed by atoms with Gasteiger partial charge in [-0.15, -0.1) is 0 Å². The average molecular weight is 342 g/mol. The standard InChI is InChI=1S/C17H22N6O2/c1-22-9-12(7-20-22)10-23-5-2-13-6-14(25-15(13)11-23)17(24)21-16-8-18-3-4-19-16/h3-4,7-9,13-15H,2,5-6,10-11H2,1H3,(H,19,21,24)/t13-,14-,15+/m0/s1. The van der Waals surface area contributed by atoms with Crippen LogP contribution in [0.4, 0.5) is 5.82 Å². The SMILES string of the molecule is Cn1cc(CN2CC[C@H]3C[C@@H](C(=O)Nc4cnccn4)O[C@@H]3C2)cn1. The first-order chi connectivity index (χ1) is 12.2. The van der Waals surface area contributed by atoms with Crippen molar-refractivity contribution in [1.82, 2.24) is 24.6 Å². The molecular weight excluding hydrogens is 320 g/mol. The lowest BCUT2D eigenvalue weighted by Crippen LogP contribution is -2.41. The van der Waals surface area contributed by atoms with Gasteiger partial charge in [0.1, 0.15) is 6.10 Å². The molecule has 4 rings (SSSR count). The lowest BCUT2D eigenvalue weighted by atomic mass is 9.91. The van der Waals surface area contributed by atoms with Gasteiger partial charge >= 0.3 is 0 Å². The molecule has 0 aromatic carbocycles. The van der Waals surface area contributed by atoms with E-state index in [0.29, 0.717) is 11.7 Å². The van der Waals surface area contributed by atoms with Crippen LogP contribution in [0.1, 0.15) is 18.4 Å². The summed E-state index contributed by atoms with van der Waals surface area (Å²) in [5.41, 5.74) is 1.20. The highest BCUT2D eigenvalue weighted by atomic mass is 16.5. The number of rotatable bonds is 4.